The number of rotatable bonds is 6. The highest BCUT2D eigenvalue weighted by molar-refractivity contribution is 5.93. The van der Waals surface area contributed by atoms with Crippen LogP contribution in [-0.2, 0) is 17.7 Å². The normalized spacial score (nSPS) is 16.9. The molecule has 0 bridgehead atoms. The van der Waals surface area contributed by atoms with Crippen molar-refractivity contribution in [2.24, 2.45) is 0 Å². The minimum absolute atomic E-state index is 0.106. The molecule has 9 heteroatoms. The zero-order chi connectivity index (χ0) is 21.8. The Balaban J connectivity index is 1.45. The smallest absolute Gasteiger partial charge is 0.287 e. The van der Waals surface area contributed by atoms with Gasteiger partial charge in [-0.05, 0) is 26.0 Å². The summed E-state index contributed by atoms with van der Waals surface area (Å²) in [4.78, 5) is 38.6. The Kier molecular flexibility index (Phi) is 6.62. The van der Waals surface area contributed by atoms with Gasteiger partial charge in [0.1, 0.15) is 5.69 Å². The van der Waals surface area contributed by atoms with Gasteiger partial charge in [-0.3, -0.25) is 19.5 Å². The van der Waals surface area contributed by atoms with Gasteiger partial charge in [0.15, 0.2) is 5.82 Å². The molecule has 2 aromatic heterocycles. The van der Waals surface area contributed by atoms with Gasteiger partial charge in [0.05, 0.1) is 25.5 Å². The molecule has 9 nitrogen and oxygen atoms in total. The Labute approximate surface area is 182 Å². The second kappa shape index (κ2) is 9.57. The lowest BCUT2D eigenvalue weighted by Crippen LogP contribution is -2.41. The number of carbonyl (C=O) groups excluding carboxylic acids is 2. The van der Waals surface area contributed by atoms with Crippen molar-refractivity contribution in [3.63, 3.8) is 0 Å². The van der Waals surface area contributed by atoms with Crippen molar-refractivity contribution in [3.8, 4) is 0 Å². The van der Waals surface area contributed by atoms with Gasteiger partial charge in [-0.1, -0.05) is 6.07 Å². The molecule has 0 saturated carbocycles. The number of carbonyl (C=O) groups is 2. The van der Waals surface area contributed by atoms with Crippen molar-refractivity contribution < 1.29 is 14.3 Å². The van der Waals surface area contributed by atoms with Crippen molar-refractivity contribution in [1.29, 1.82) is 0 Å². The van der Waals surface area contributed by atoms with E-state index < -0.39 is 0 Å². The van der Waals surface area contributed by atoms with Gasteiger partial charge >= 0.3 is 0 Å². The minimum atomic E-state index is -0.168. The number of nitrogens with zero attached hydrogens (tertiary/aromatic N) is 5. The molecule has 0 spiro atoms. The summed E-state index contributed by atoms with van der Waals surface area (Å²) in [5.41, 5.74) is 2.26. The van der Waals surface area contributed by atoms with Crippen LogP contribution in [0.5, 0.6) is 0 Å². The van der Waals surface area contributed by atoms with E-state index >= 15 is 0 Å². The number of nitrogens with one attached hydrogen (secondary N) is 1. The number of imidazole rings is 1. The zero-order valence-corrected chi connectivity index (χ0v) is 18.2. The number of morpholine rings is 1. The molecule has 4 heterocycles. The highest BCUT2D eigenvalue weighted by Crippen LogP contribution is 2.25. The van der Waals surface area contributed by atoms with Crippen LogP contribution in [0, 0.1) is 0 Å². The fourth-order valence-corrected chi connectivity index (χ4v) is 4.18. The number of hydrogen-bond donors (Lipinski definition) is 1. The summed E-state index contributed by atoms with van der Waals surface area (Å²) >= 11 is 0. The predicted octanol–water partition coefficient (Wildman–Crippen LogP) is 1.12. The van der Waals surface area contributed by atoms with E-state index in [1.807, 2.05) is 10.6 Å². The lowest BCUT2D eigenvalue weighted by atomic mass is 10.1. The minimum Gasteiger partial charge on any atom is -0.379 e. The van der Waals surface area contributed by atoms with Crippen LogP contribution in [0.4, 0.5) is 0 Å². The summed E-state index contributed by atoms with van der Waals surface area (Å²) in [6.45, 7) is 9.71. The summed E-state index contributed by atoms with van der Waals surface area (Å²) in [5, 5.41) is 3.02. The molecule has 0 aromatic carbocycles. The summed E-state index contributed by atoms with van der Waals surface area (Å²) in [7, 11) is 0. The highest BCUT2D eigenvalue weighted by atomic mass is 16.5. The molecule has 1 saturated heterocycles. The molecule has 1 N–H and O–H groups in total. The zero-order valence-electron chi connectivity index (χ0n) is 18.2. The molecule has 0 aliphatic carbocycles. The van der Waals surface area contributed by atoms with E-state index in [0.717, 1.165) is 44.2 Å². The van der Waals surface area contributed by atoms with Crippen LogP contribution >= 0.6 is 0 Å². The third kappa shape index (κ3) is 4.77. The standard InChI is InChI=1S/C22H30N6O3/c1-16(2)28-19-6-9-27(22(30)17-5-3-4-7-23-17)15-18(19)25-20(28)21(29)24-8-10-26-11-13-31-14-12-26/h3-5,7,16H,6,8-15H2,1-2H3,(H,24,29). The van der Waals surface area contributed by atoms with Crippen LogP contribution in [0.3, 0.4) is 0 Å². The molecule has 31 heavy (non-hydrogen) atoms. The SMILES string of the molecule is CC(C)n1c(C(=O)NCCN2CCOCC2)nc2c1CCN(C(=O)c1ccccn1)C2. The van der Waals surface area contributed by atoms with E-state index in [2.05, 4.69) is 34.0 Å². The average Bonchev–Trinajstić information content (AvgIpc) is 3.19. The third-order valence-corrected chi connectivity index (χ3v) is 5.76. The average molecular weight is 427 g/mol. The van der Waals surface area contributed by atoms with E-state index in [4.69, 9.17) is 4.74 Å². The first-order chi connectivity index (χ1) is 15.0. The summed E-state index contributed by atoms with van der Waals surface area (Å²) in [5.74, 6) is 0.148. The number of amides is 2. The summed E-state index contributed by atoms with van der Waals surface area (Å²) in [6, 6.07) is 5.42. The maximum Gasteiger partial charge on any atom is 0.287 e. The van der Waals surface area contributed by atoms with E-state index in [9.17, 15) is 9.59 Å². The molecule has 0 unspecified atom stereocenters. The maximum atomic E-state index is 12.9. The molecular formula is C22H30N6O3. The first-order valence-corrected chi connectivity index (χ1v) is 10.9. The molecular weight excluding hydrogens is 396 g/mol. The molecule has 2 aromatic rings. The number of aromatic nitrogens is 3. The van der Waals surface area contributed by atoms with Gasteiger partial charge in [0.2, 0.25) is 0 Å². The second-order valence-electron chi connectivity index (χ2n) is 8.19. The van der Waals surface area contributed by atoms with E-state index in [1.54, 1.807) is 23.2 Å². The lowest BCUT2D eigenvalue weighted by molar-refractivity contribution is 0.0383. The lowest BCUT2D eigenvalue weighted by Gasteiger charge is -2.27. The summed E-state index contributed by atoms with van der Waals surface area (Å²) in [6.07, 6.45) is 2.29. The number of hydrogen-bond acceptors (Lipinski definition) is 6. The second-order valence-corrected chi connectivity index (χ2v) is 8.19. The molecule has 0 atom stereocenters. The van der Waals surface area contributed by atoms with Crippen LogP contribution in [0.15, 0.2) is 24.4 Å². The van der Waals surface area contributed by atoms with Crippen LogP contribution in [0.1, 0.15) is 52.4 Å². The van der Waals surface area contributed by atoms with E-state index in [0.29, 0.717) is 37.6 Å². The third-order valence-electron chi connectivity index (χ3n) is 5.76. The monoisotopic (exact) mass is 426 g/mol. The predicted molar refractivity (Wildman–Crippen MR) is 115 cm³/mol. The van der Waals surface area contributed by atoms with Crippen molar-refractivity contribution in [2.75, 3.05) is 45.9 Å². The Morgan fingerprint density at radius 1 is 1.19 bits per heavy atom. The van der Waals surface area contributed by atoms with E-state index in [1.165, 1.54) is 0 Å². The first kappa shape index (κ1) is 21.5. The highest BCUT2D eigenvalue weighted by Gasteiger charge is 2.30. The van der Waals surface area contributed by atoms with Crippen molar-refractivity contribution in [1.82, 2.24) is 29.7 Å². The van der Waals surface area contributed by atoms with Gasteiger partial charge in [-0.2, -0.15) is 0 Å². The molecule has 2 amide bonds. The van der Waals surface area contributed by atoms with Crippen molar-refractivity contribution >= 4 is 11.8 Å². The quantitative estimate of drug-likeness (QED) is 0.744. The molecule has 0 radical (unpaired) electrons. The fourth-order valence-electron chi connectivity index (χ4n) is 4.18. The molecule has 2 aliphatic rings. The van der Waals surface area contributed by atoms with Gasteiger partial charge in [-0.15, -0.1) is 0 Å². The van der Waals surface area contributed by atoms with Gasteiger partial charge < -0.3 is 19.5 Å². The molecule has 166 valence electrons. The van der Waals surface area contributed by atoms with Crippen LogP contribution in [0.25, 0.3) is 0 Å². The topological polar surface area (TPSA) is 92.6 Å². The largest absolute Gasteiger partial charge is 0.379 e. The molecule has 1 fully saturated rings. The Bertz CT molecular complexity index is 921. The number of pyridine rings is 1. The van der Waals surface area contributed by atoms with Crippen molar-refractivity contribution in [2.45, 2.75) is 32.9 Å². The fraction of sp³-hybridized carbons (Fsp3) is 0.545. The van der Waals surface area contributed by atoms with Crippen LogP contribution in [-0.4, -0.2) is 82.1 Å². The summed E-state index contributed by atoms with van der Waals surface area (Å²) < 4.78 is 7.38. The Morgan fingerprint density at radius 2 is 2.00 bits per heavy atom. The van der Waals surface area contributed by atoms with E-state index in [-0.39, 0.29) is 17.9 Å². The van der Waals surface area contributed by atoms with Gasteiger partial charge in [0.25, 0.3) is 11.8 Å². The Morgan fingerprint density at radius 3 is 2.71 bits per heavy atom. The van der Waals surface area contributed by atoms with Crippen molar-refractivity contribution in [3.05, 3.63) is 47.3 Å². The first-order valence-electron chi connectivity index (χ1n) is 10.9. The number of fused-ring (bicyclic) bond motifs is 1. The van der Waals surface area contributed by atoms with Gasteiger partial charge in [-0.25, -0.2) is 4.98 Å². The maximum absolute atomic E-state index is 12.9. The van der Waals surface area contributed by atoms with Crippen LogP contribution < -0.4 is 5.32 Å². The number of ether oxygens (including phenoxy) is 1. The Hall–Kier alpha value is -2.78. The molecule has 2 aliphatic heterocycles. The molecule has 4 rings (SSSR count). The van der Waals surface area contributed by atoms with Gasteiger partial charge in [0, 0.05) is 57.1 Å². The van der Waals surface area contributed by atoms with Crippen LogP contribution in [0.2, 0.25) is 0 Å².